The van der Waals surface area contributed by atoms with E-state index in [1.807, 2.05) is 6.20 Å². The van der Waals surface area contributed by atoms with Gasteiger partial charge >= 0.3 is 0 Å². The maximum atomic E-state index is 13.2. The molecule has 3 atom stereocenters. The standard InChI is InChI=1S/C21H28N4O/c1-14-5-2-6-15(11-14)18-13-23-20(24-18)19-9-4-10-25(19)21(26)17-8-3-7-16(17)12-22/h2,5-6,11,13,16-17,19H,3-4,7-10,12,22H2,1H3,(H,23,24)/t16-,17-,19?/m1/s1. The Morgan fingerprint density at radius 1 is 1.31 bits per heavy atom. The number of amides is 1. The summed E-state index contributed by atoms with van der Waals surface area (Å²) in [6, 6.07) is 8.46. The number of aromatic amines is 1. The molecule has 1 aliphatic heterocycles. The number of aromatic nitrogens is 2. The number of aryl methyl sites for hydroxylation is 1. The van der Waals surface area contributed by atoms with Gasteiger partial charge in [0.15, 0.2) is 0 Å². The fraction of sp³-hybridized carbons (Fsp3) is 0.524. The SMILES string of the molecule is Cc1cccc(-c2cnc(C3CCCN3C(=O)[C@@H]3CCC[C@@H]3CN)[nH]2)c1. The van der Waals surface area contributed by atoms with Crippen molar-refractivity contribution in [1.29, 1.82) is 0 Å². The Morgan fingerprint density at radius 2 is 2.19 bits per heavy atom. The number of H-pyrrole nitrogens is 1. The molecule has 0 radical (unpaired) electrons. The maximum Gasteiger partial charge on any atom is 0.226 e. The van der Waals surface area contributed by atoms with Gasteiger partial charge in [0.05, 0.1) is 17.9 Å². The predicted molar refractivity (Wildman–Crippen MR) is 102 cm³/mol. The van der Waals surface area contributed by atoms with Crippen LogP contribution in [0.3, 0.4) is 0 Å². The van der Waals surface area contributed by atoms with Crippen LogP contribution in [0.1, 0.15) is 49.5 Å². The van der Waals surface area contributed by atoms with Crippen LogP contribution in [-0.4, -0.2) is 33.9 Å². The first kappa shape index (κ1) is 17.3. The Kier molecular flexibility index (Phi) is 4.81. The van der Waals surface area contributed by atoms with Gasteiger partial charge in [-0.3, -0.25) is 4.79 Å². The minimum absolute atomic E-state index is 0.0695. The number of hydrogen-bond donors (Lipinski definition) is 2. The van der Waals surface area contributed by atoms with E-state index in [1.165, 1.54) is 5.56 Å². The first-order chi connectivity index (χ1) is 12.7. The summed E-state index contributed by atoms with van der Waals surface area (Å²) in [6.45, 7) is 3.54. The monoisotopic (exact) mass is 352 g/mol. The van der Waals surface area contributed by atoms with Crippen molar-refractivity contribution >= 4 is 5.91 Å². The third-order valence-corrected chi connectivity index (χ3v) is 6.06. The molecule has 2 heterocycles. The fourth-order valence-electron chi connectivity index (χ4n) is 4.64. The second-order valence-corrected chi connectivity index (χ2v) is 7.77. The van der Waals surface area contributed by atoms with Gasteiger partial charge in [0, 0.05) is 12.5 Å². The number of hydrogen-bond acceptors (Lipinski definition) is 3. The molecule has 0 spiro atoms. The molecular formula is C21H28N4O. The molecule has 1 amide bonds. The van der Waals surface area contributed by atoms with Crippen LogP contribution < -0.4 is 5.73 Å². The summed E-state index contributed by atoms with van der Waals surface area (Å²) in [5, 5.41) is 0. The van der Waals surface area contributed by atoms with E-state index in [0.717, 1.165) is 55.7 Å². The zero-order chi connectivity index (χ0) is 18.1. The quantitative estimate of drug-likeness (QED) is 0.885. The van der Waals surface area contributed by atoms with Gasteiger partial charge in [-0.05, 0) is 56.7 Å². The summed E-state index contributed by atoms with van der Waals surface area (Å²) in [4.78, 5) is 23.3. The van der Waals surface area contributed by atoms with E-state index in [2.05, 4.69) is 46.1 Å². The number of carbonyl (C=O) groups excluding carboxylic acids is 1. The third kappa shape index (κ3) is 3.16. The van der Waals surface area contributed by atoms with E-state index in [1.54, 1.807) is 0 Å². The van der Waals surface area contributed by atoms with E-state index in [0.29, 0.717) is 12.5 Å². The minimum Gasteiger partial charge on any atom is -0.340 e. The van der Waals surface area contributed by atoms with E-state index in [4.69, 9.17) is 5.73 Å². The molecule has 1 saturated heterocycles. The zero-order valence-electron chi connectivity index (χ0n) is 15.4. The van der Waals surface area contributed by atoms with Gasteiger partial charge < -0.3 is 15.6 Å². The molecule has 2 fully saturated rings. The Labute approximate surface area is 155 Å². The van der Waals surface area contributed by atoms with E-state index >= 15 is 0 Å². The molecule has 1 unspecified atom stereocenters. The Bertz CT molecular complexity index is 784. The highest BCUT2D eigenvalue weighted by molar-refractivity contribution is 5.80. The van der Waals surface area contributed by atoms with Crippen LogP contribution in [0.2, 0.25) is 0 Å². The van der Waals surface area contributed by atoms with Crippen molar-refractivity contribution < 1.29 is 4.79 Å². The van der Waals surface area contributed by atoms with Crippen LogP contribution in [0, 0.1) is 18.8 Å². The molecule has 26 heavy (non-hydrogen) atoms. The van der Waals surface area contributed by atoms with Crippen LogP contribution >= 0.6 is 0 Å². The molecule has 1 aromatic heterocycles. The van der Waals surface area contributed by atoms with Gasteiger partial charge in [0.1, 0.15) is 5.82 Å². The molecule has 2 aliphatic rings. The zero-order valence-corrected chi connectivity index (χ0v) is 15.4. The molecular weight excluding hydrogens is 324 g/mol. The average molecular weight is 352 g/mol. The lowest BCUT2D eigenvalue weighted by Gasteiger charge is -2.28. The van der Waals surface area contributed by atoms with Crippen LogP contribution in [-0.2, 0) is 4.79 Å². The van der Waals surface area contributed by atoms with Crippen LogP contribution in [0.4, 0.5) is 0 Å². The maximum absolute atomic E-state index is 13.2. The van der Waals surface area contributed by atoms with Gasteiger partial charge in [-0.15, -0.1) is 0 Å². The first-order valence-electron chi connectivity index (χ1n) is 9.80. The summed E-state index contributed by atoms with van der Waals surface area (Å²) in [7, 11) is 0. The van der Waals surface area contributed by atoms with Gasteiger partial charge in [-0.25, -0.2) is 4.98 Å². The summed E-state index contributed by atoms with van der Waals surface area (Å²) in [5.74, 6) is 1.65. The Balaban J connectivity index is 1.54. The molecule has 5 heteroatoms. The largest absolute Gasteiger partial charge is 0.340 e. The van der Waals surface area contributed by atoms with Crippen molar-refractivity contribution in [2.75, 3.05) is 13.1 Å². The van der Waals surface area contributed by atoms with Crippen molar-refractivity contribution in [1.82, 2.24) is 14.9 Å². The molecule has 1 aromatic carbocycles. The normalized spacial score (nSPS) is 25.8. The summed E-state index contributed by atoms with van der Waals surface area (Å²) in [6.07, 6.45) is 7.10. The second kappa shape index (κ2) is 7.23. The summed E-state index contributed by atoms with van der Waals surface area (Å²) in [5.41, 5.74) is 9.28. The van der Waals surface area contributed by atoms with E-state index in [9.17, 15) is 4.79 Å². The number of likely N-dealkylation sites (tertiary alicyclic amines) is 1. The lowest BCUT2D eigenvalue weighted by atomic mass is 9.94. The van der Waals surface area contributed by atoms with Crippen molar-refractivity contribution in [2.45, 2.75) is 45.1 Å². The van der Waals surface area contributed by atoms with Gasteiger partial charge in [0.25, 0.3) is 0 Å². The highest BCUT2D eigenvalue weighted by Crippen LogP contribution is 2.38. The van der Waals surface area contributed by atoms with Crippen LogP contribution in [0.25, 0.3) is 11.3 Å². The molecule has 1 saturated carbocycles. The molecule has 1 aliphatic carbocycles. The predicted octanol–water partition coefficient (Wildman–Crippen LogP) is 3.42. The molecule has 0 bridgehead atoms. The number of nitrogens with one attached hydrogen (secondary N) is 1. The number of nitrogens with two attached hydrogens (primary N) is 1. The molecule has 3 N–H and O–H groups in total. The van der Waals surface area contributed by atoms with E-state index < -0.39 is 0 Å². The lowest BCUT2D eigenvalue weighted by Crippen LogP contribution is -2.39. The van der Waals surface area contributed by atoms with Crippen LogP contribution in [0.5, 0.6) is 0 Å². The second-order valence-electron chi connectivity index (χ2n) is 7.77. The Morgan fingerprint density at radius 3 is 3.00 bits per heavy atom. The minimum atomic E-state index is 0.0695. The number of rotatable bonds is 4. The van der Waals surface area contributed by atoms with E-state index in [-0.39, 0.29) is 17.9 Å². The number of carbonyl (C=O) groups is 1. The molecule has 5 nitrogen and oxygen atoms in total. The Hall–Kier alpha value is -2.14. The number of nitrogens with zero attached hydrogens (tertiary/aromatic N) is 2. The fourth-order valence-corrected chi connectivity index (χ4v) is 4.64. The molecule has 2 aromatic rings. The number of benzene rings is 1. The summed E-state index contributed by atoms with van der Waals surface area (Å²) >= 11 is 0. The van der Waals surface area contributed by atoms with Gasteiger partial charge in [-0.2, -0.15) is 0 Å². The van der Waals surface area contributed by atoms with Gasteiger partial charge in [0.2, 0.25) is 5.91 Å². The summed E-state index contributed by atoms with van der Waals surface area (Å²) < 4.78 is 0. The molecule has 4 rings (SSSR count). The van der Waals surface area contributed by atoms with Gasteiger partial charge in [-0.1, -0.05) is 30.2 Å². The first-order valence-corrected chi connectivity index (χ1v) is 9.80. The topological polar surface area (TPSA) is 75.0 Å². The van der Waals surface area contributed by atoms with Crippen molar-refractivity contribution in [3.05, 3.63) is 41.9 Å². The smallest absolute Gasteiger partial charge is 0.226 e. The number of imidazole rings is 1. The van der Waals surface area contributed by atoms with Crippen LogP contribution in [0.15, 0.2) is 30.5 Å². The lowest BCUT2D eigenvalue weighted by molar-refractivity contribution is -0.137. The third-order valence-electron chi connectivity index (χ3n) is 6.06. The van der Waals surface area contributed by atoms with Crippen molar-refractivity contribution in [3.63, 3.8) is 0 Å². The highest BCUT2D eigenvalue weighted by Gasteiger charge is 2.39. The van der Waals surface area contributed by atoms with Crippen molar-refractivity contribution in [3.8, 4) is 11.3 Å². The van der Waals surface area contributed by atoms with Crippen molar-refractivity contribution in [2.24, 2.45) is 17.6 Å². The molecule has 138 valence electrons. The average Bonchev–Trinajstić information content (AvgIpc) is 3.40. The highest BCUT2D eigenvalue weighted by atomic mass is 16.2.